The Bertz CT molecular complexity index is 519. The van der Waals surface area contributed by atoms with Gasteiger partial charge in [-0.3, -0.25) is 4.79 Å². The quantitative estimate of drug-likeness (QED) is 0.570. The average molecular weight is 296 g/mol. The summed E-state index contributed by atoms with van der Waals surface area (Å²) in [5.74, 6) is -0.464. The molecule has 0 unspecified atom stereocenters. The first-order chi connectivity index (χ1) is 8.91. The lowest BCUT2D eigenvalue weighted by molar-refractivity contribution is -0.143. The topological polar surface area (TPSA) is 17.1 Å². The van der Waals surface area contributed by atoms with Crippen molar-refractivity contribution in [2.45, 2.75) is 26.2 Å². The minimum atomic E-state index is -4.90. The maximum Gasteiger partial charge on any atom is 0.416 e. The number of carbonyl (C=O) groups excluding carboxylic acids is 1. The van der Waals surface area contributed by atoms with Crippen LogP contribution in [-0.2, 0) is 17.1 Å². The Morgan fingerprint density at radius 1 is 0.900 bits per heavy atom. The molecule has 0 fully saturated rings. The zero-order chi connectivity index (χ0) is 15.7. The number of ketones is 1. The van der Waals surface area contributed by atoms with E-state index in [-0.39, 0.29) is 17.2 Å². The molecule has 0 aliphatic heterocycles. The van der Waals surface area contributed by atoms with Crippen molar-refractivity contribution in [3.63, 3.8) is 0 Å². The molecule has 0 aliphatic rings. The van der Waals surface area contributed by atoms with Crippen molar-refractivity contribution in [1.82, 2.24) is 0 Å². The standard InChI is InChI=1S/C13H10F6O/c1-7(3-8(2)20)9-4-10(12(14,15)16)6-11(5-9)13(17,18)19/h3-6H,1-2H3/b7-3-. The highest BCUT2D eigenvalue weighted by atomic mass is 19.4. The maximum atomic E-state index is 12.6. The maximum absolute atomic E-state index is 12.6. The van der Waals surface area contributed by atoms with Gasteiger partial charge < -0.3 is 0 Å². The number of hydrogen-bond acceptors (Lipinski definition) is 1. The molecule has 0 amide bonds. The van der Waals surface area contributed by atoms with Crippen LogP contribution in [0.1, 0.15) is 30.5 Å². The zero-order valence-electron chi connectivity index (χ0n) is 10.5. The van der Waals surface area contributed by atoms with E-state index in [1.54, 1.807) is 0 Å². The number of hydrogen-bond donors (Lipinski definition) is 0. The van der Waals surface area contributed by atoms with Gasteiger partial charge in [-0.15, -0.1) is 0 Å². The molecule has 0 aromatic heterocycles. The van der Waals surface area contributed by atoms with Crippen molar-refractivity contribution in [1.29, 1.82) is 0 Å². The van der Waals surface area contributed by atoms with E-state index in [0.717, 1.165) is 13.0 Å². The van der Waals surface area contributed by atoms with Gasteiger partial charge in [0, 0.05) is 0 Å². The summed E-state index contributed by atoms with van der Waals surface area (Å²) < 4.78 is 75.6. The number of rotatable bonds is 2. The molecule has 0 spiro atoms. The predicted octanol–water partition coefficient (Wildman–Crippen LogP) is 4.72. The summed E-state index contributed by atoms with van der Waals surface area (Å²) in [7, 11) is 0. The van der Waals surface area contributed by atoms with Crippen molar-refractivity contribution in [3.8, 4) is 0 Å². The molecule has 0 N–H and O–H groups in total. The fraction of sp³-hybridized carbons (Fsp3) is 0.308. The van der Waals surface area contributed by atoms with E-state index in [4.69, 9.17) is 0 Å². The van der Waals surface area contributed by atoms with E-state index in [2.05, 4.69) is 0 Å². The third kappa shape index (κ3) is 4.11. The van der Waals surface area contributed by atoms with E-state index in [0.29, 0.717) is 12.1 Å². The minimum Gasteiger partial charge on any atom is -0.295 e. The largest absolute Gasteiger partial charge is 0.416 e. The Hall–Kier alpha value is -1.79. The number of allylic oxidation sites excluding steroid dienone is 2. The first-order valence-corrected chi connectivity index (χ1v) is 5.40. The number of alkyl halides is 6. The van der Waals surface area contributed by atoms with Gasteiger partial charge in [-0.25, -0.2) is 0 Å². The number of halogens is 6. The first kappa shape index (κ1) is 16.3. The van der Waals surface area contributed by atoms with Gasteiger partial charge >= 0.3 is 12.4 Å². The molecule has 7 heteroatoms. The summed E-state index contributed by atoms with van der Waals surface area (Å²) in [6.45, 7) is 2.43. The van der Waals surface area contributed by atoms with Gasteiger partial charge in [0.1, 0.15) is 0 Å². The van der Waals surface area contributed by atoms with Crippen LogP contribution in [0.3, 0.4) is 0 Å². The summed E-state index contributed by atoms with van der Waals surface area (Å²) in [4.78, 5) is 10.9. The second kappa shape index (κ2) is 5.30. The third-order valence-electron chi connectivity index (χ3n) is 2.46. The average Bonchev–Trinajstić information content (AvgIpc) is 2.25. The Balaban J connectivity index is 3.50. The second-order valence-corrected chi connectivity index (χ2v) is 4.23. The molecular weight excluding hydrogens is 286 g/mol. The zero-order valence-corrected chi connectivity index (χ0v) is 10.5. The van der Waals surface area contributed by atoms with Gasteiger partial charge in [0.2, 0.25) is 0 Å². The van der Waals surface area contributed by atoms with Crippen LogP contribution in [0.2, 0.25) is 0 Å². The summed E-state index contributed by atoms with van der Waals surface area (Å²) >= 11 is 0. The molecule has 0 atom stereocenters. The van der Waals surface area contributed by atoms with Gasteiger partial charge in [-0.1, -0.05) is 0 Å². The van der Waals surface area contributed by atoms with E-state index < -0.39 is 29.3 Å². The summed E-state index contributed by atoms with van der Waals surface area (Å²) in [5, 5.41) is 0. The first-order valence-electron chi connectivity index (χ1n) is 5.40. The highest BCUT2D eigenvalue weighted by molar-refractivity contribution is 5.94. The number of benzene rings is 1. The molecule has 1 rings (SSSR count). The van der Waals surface area contributed by atoms with Crippen LogP contribution in [0.15, 0.2) is 24.3 Å². The Morgan fingerprint density at radius 3 is 1.60 bits per heavy atom. The fourth-order valence-corrected chi connectivity index (χ4v) is 1.57. The Kier molecular flexibility index (Phi) is 4.31. The lowest BCUT2D eigenvalue weighted by Gasteiger charge is -2.14. The Morgan fingerprint density at radius 2 is 1.30 bits per heavy atom. The van der Waals surface area contributed by atoms with E-state index in [1.165, 1.54) is 6.92 Å². The molecule has 110 valence electrons. The van der Waals surface area contributed by atoms with Gasteiger partial charge in [0.25, 0.3) is 0 Å². The van der Waals surface area contributed by atoms with Gasteiger partial charge in [0.05, 0.1) is 11.1 Å². The SMILES string of the molecule is CC(=O)/C=C(/C)c1cc(C(F)(F)F)cc(C(F)(F)F)c1. The van der Waals surface area contributed by atoms with E-state index in [9.17, 15) is 31.1 Å². The van der Waals surface area contributed by atoms with Gasteiger partial charge in [-0.05, 0) is 49.3 Å². The molecule has 0 saturated heterocycles. The summed E-state index contributed by atoms with van der Waals surface area (Å²) in [5.41, 5.74) is -3.06. The lowest BCUT2D eigenvalue weighted by Crippen LogP contribution is -2.11. The summed E-state index contributed by atoms with van der Waals surface area (Å²) in [6, 6.07) is 1.22. The van der Waals surface area contributed by atoms with Crippen molar-refractivity contribution < 1.29 is 31.1 Å². The highest BCUT2D eigenvalue weighted by Gasteiger charge is 2.36. The number of carbonyl (C=O) groups is 1. The van der Waals surface area contributed by atoms with Crippen molar-refractivity contribution in [3.05, 3.63) is 41.0 Å². The van der Waals surface area contributed by atoms with Crippen molar-refractivity contribution in [2.24, 2.45) is 0 Å². The molecule has 0 aliphatic carbocycles. The molecule has 1 nitrogen and oxygen atoms in total. The van der Waals surface area contributed by atoms with Crippen molar-refractivity contribution >= 4 is 11.4 Å². The second-order valence-electron chi connectivity index (χ2n) is 4.23. The Labute approximate surface area is 110 Å². The van der Waals surface area contributed by atoms with Crippen LogP contribution in [0.4, 0.5) is 26.3 Å². The smallest absolute Gasteiger partial charge is 0.295 e. The normalized spacial score (nSPS) is 13.5. The van der Waals surface area contributed by atoms with Crippen LogP contribution in [0.5, 0.6) is 0 Å². The lowest BCUT2D eigenvalue weighted by atomic mass is 9.99. The van der Waals surface area contributed by atoms with E-state index in [1.807, 2.05) is 0 Å². The molecule has 0 saturated carbocycles. The fourth-order valence-electron chi connectivity index (χ4n) is 1.57. The van der Waals surface area contributed by atoms with E-state index >= 15 is 0 Å². The molecular formula is C13H10F6O. The highest BCUT2D eigenvalue weighted by Crippen LogP contribution is 2.37. The van der Waals surface area contributed by atoms with Crippen LogP contribution in [0, 0.1) is 0 Å². The van der Waals surface area contributed by atoms with Crippen LogP contribution in [0.25, 0.3) is 5.57 Å². The third-order valence-corrected chi connectivity index (χ3v) is 2.46. The molecule has 1 aromatic carbocycles. The molecule has 0 radical (unpaired) electrons. The monoisotopic (exact) mass is 296 g/mol. The predicted molar refractivity (Wildman–Crippen MR) is 60.8 cm³/mol. The molecule has 1 aromatic rings. The molecule has 20 heavy (non-hydrogen) atoms. The molecule has 0 bridgehead atoms. The van der Waals surface area contributed by atoms with Crippen LogP contribution < -0.4 is 0 Å². The molecule has 0 heterocycles. The van der Waals surface area contributed by atoms with Crippen molar-refractivity contribution in [2.75, 3.05) is 0 Å². The van der Waals surface area contributed by atoms with Crippen LogP contribution >= 0.6 is 0 Å². The van der Waals surface area contributed by atoms with Gasteiger partial charge in [0.15, 0.2) is 5.78 Å². The van der Waals surface area contributed by atoms with Crippen LogP contribution in [-0.4, -0.2) is 5.78 Å². The minimum absolute atomic E-state index is 0.0362. The van der Waals surface area contributed by atoms with Gasteiger partial charge in [-0.2, -0.15) is 26.3 Å². The summed E-state index contributed by atoms with van der Waals surface area (Å²) in [6.07, 6.45) is -8.81.